The second-order valence-corrected chi connectivity index (χ2v) is 6.28. The number of aliphatic imine (C=N–C) groups is 1. The maximum atomic E-state index is 12.1. The van der Waals surface area contributed by atoms with Crippen LogP contribution in [0.1, 0.15) is 61.9 Å². The first-order chi connectivity index (χ1) is 11.7. The number of rotatable bonds is 7. The van der Waals surface area contributed by atoms with Crippen LogP contribution >= 0.6 is 24.0 Å². The number of amides is 1. The van der Waals surface area contributed by atoms with Crippen molar-refractivity contribution in [2.75, 3.05) is 13.1 Å². The Labute approximate surface area is 168 Å². The molecular formula is C19H31IN4O. The molecule has 0 bridgehead atoms. The second-order valence-electron chi connectivity index (χ2n) is 6.28. The molecule has 1 saturated carbocycles. The molecule has 0 heterocycles. The van der Waals surface area contributed by atoms with Crippen molar-refractivity contribution in [3.63, 3.8) is 0 Å². The van der Waals surface area contributed by atoms with E-state index in [4.69, 9.17) is 0 Å². The fourth-order valence-electron chi connectivity index (χ4n) is 2.91. The quantitative estimate of drug-likeness (QED) is 0.333. The zero-order valence-electron chi connectivity index (χ0n) is 15.3. The Morgan fingerprint density at radius 2 is 1.96 bits per heavy atom. The van der Waals surface area contributed by atoms with E-state index in [1.807, 2.05) is 31.2 Å². The summed E-state index contributed by atoms with van der Waals surface area (Å²) in [7, 11) is 0. The van der Waals surface area contributed by atoms with Crippen LogP contribution in [0.15, 0.2) is 29.3 Å². The lowest BCUT2D eigenvalue weighted by molar-refractivity contribution is 0.0953. The average molecular weight is 458 g/mol. The molecule has 1 aliphatic rings. The molecule has 6 heteroatoms. The fourth-order valence-corrected chi connectivity index (χ4v) is 2.91. The van der Waals surface area contributed by atoms with Crippen molar-refractivity contribution in [1.82, 2.24) is 16.0 Å². The monoisotopic (exact) mass is 458 g/mol. The summed E-state index contributed by atoms with van der Waals surface area (Å²) in [5.74, 6) is 0.851. The van der Waals surface area contributed by atoms with Gasteiger partial charge in [0.1, 0.15) is 0 Å². The van der Waals surface area contributed by atoms with E-state index in [9.17, 15) is 4.79 Å². The van der Waals surface area contributed by atoms with Crippen LogP contribution in [-0.4, -0.2) is 31.0 Å². The fraction of sp³-hybridized carbons (Fsp3) is 0.579. The molecule has 3 N–H and O–H groups in total. The lowest BCUT2D eigenvalue weighted by Crippen LogP contribution is -2.42. The zero-order valence-corrected chi connectivity index (χ0v) is 17.6. The lowest BCUT2D eigenvalue weighted by Gasteiger charge is -2.16. The maximum Gasteiger partial charge on any atom is 0.251 e. The van der Waals surface area contributed by atoms with Crippen LogP contribution in [0, 0.1) is 0 Å². The van der Waals surface area contributed by atoms with Gasteiger partial charge in [-0.25, -0.2) is 4.99 Å². The third kappa shape index (κ3) is 7.63. The summed E-state index contributed by atoms with van der Waals surface area (Å²) in [4.78, 5) is 16.7. The second kappa shape index (κ2) is 12.1. The Morgan fingerprint density at radius 3 is 2.64 bits per heavy atom. The molecule has 2 rings (SSSR count). The lowest BCUT2D eigenvalue weighted by atomic mass is 10.1. The number of guanidine groups is 1. The summed E-state index contributed by atoms with van der Waals surface area (Å²) in [5, 5.41) is 9.73. The highest BCUT2D eigenvalue weighted by Gasteiger charge is 2.15. The van der Waals surface area contributed by atoms with Gasteiger partial charge < -0.3 is 16.0 Å². The molecule has 1 aliphatic carbocycles. The van der Waals surface area contributed by atoms with E-state index in [2.05, 4.69) is 27.9 Å². The Morgan fingerprint density at radius 1 is 1.20 bits per heavy atom. The van der Waals surface area contributed by atoms with Gasteiger partial charge in [-0.1, -0.05) is 31.9 Å². The van der Waals surface area contributed by atoms with E-state index in [1.165, 1.54) is 25.7 Å². The minimum absolute atomic E-state index is 0. The van der Waals surface area contributed by atoms with Crippen molar-refractivity contribution in [2.45, 2.75) is 58.5 Å². The van der Waals surface area contributed by atoms with E-state index < -0.39 is 0 Å². The molecule has 0 unspecified atom stereocenters. The van der Waals surface area contributed by atoms with Crippen LogP contribution in [0.25, 0.3) is 0 Å². The third-order valence-corrected chi connectivity index (χ3v) is 4.18. The van der Waals surface area contributed by atoms with Crippen LogP contribution in [-0.2, 0) is 6.54 Å². The normalized spacial score (nSPS) is 14.7. The van der Waals surface area contributed by atoms with Crippen LogP contribution in [0.4, 0.5) is 0 Å². The Balaban J connectivity index is 0.00000312. The van der Waals surface area contributed by atoms with E-state index in [0.717, 1.165) is 24.5 Å². The predicted molar refractivity (Wildman–Crippen MR) is 115 cm³/mol. The van der Waals surface area contributed by atoms with Crippen molar-refractivity contribution in [1.29, 1.82) is 0 Å². The third-order valence-electron chi connectivity index (χ3n) is 4.18. The van der Waals surface area contributed by atoms with Crippen molar-refractivity contribution in [2.24, 2.45) is 4.99 Å². The molecule has 1 aromatic rings. The Hall–Kier alpha value is -1.31. The van der Waals surface area contributed by atoms with Crippen LogP contribution in [0.3, 0.4) is 0 Å². The van der Waals surface area contributed by atoms with Crippen LogP contribution in [0.2, 0.25) is 0 Å². The highest BCUT2D eigenvalue weighted by molar-refractivity contribution is 14.0. The van der Waals surface area contributed by atoms with Gasteiger partial charge in [-0.05, 0) is 43.9 Å². The van der Waals surface area contributed by atoms with Gasteiger partial charge in [0.15, 0.2) is 5.96 Å². The average Bonchev–Trinajstić information content (AvgIpc) is 3.11. The molecule has 140 valence electrons. The number of carbonyl (C=O) groups excluding carboxylic acids is 1. The van der Waals surface area contributed by atoms with E-state index in [0.29, 0.717) is 24.7 Å². The molecule has 0 aromatic heterocycles. The molecular weight excluding hydrogens is 427 g/mol. The van der Waals surface area contributed by atoms with Crippen LogP contribution in [0.5, 0.6) is 0 Å². The molecule has 0 spiro atoms. The molecule has 0 atom stereocenters. The van der Waals surface area contributed by atoms with Gasteiger partial charge in [-0.3, -0.25) is 4.79 Å². The predicted octanol–water partition coefficient (Wildman–Crippen LogP) is 3.44. The molecule has 1 amide bonds. The molecule has 0 radical (unpaired) electrons. The molecule has 0 saturated heterocycles. The van der Waals surface area contributed by atoms with Gasteiger partial charge in [-0.15, -0.1) is 24.0 Å². The minimum atomic E-state index is -0.0151. The molecule has 5 nitrogen and oxygen atoms in total. The standard InChI is InChI=1S/C19H30N4O.HI/c1-3-12-21-18(24)16-9-7-8-15(13-16)14-22-19(20-4-2)23-17-10-5-6-11-17;/h7-9,13,17H,3-6,10-12,14H2,1-2H3,(H,21,24)(H2,20,22,23);1H. The van der Waals surface area contributed by atoms with Gasteiger partial charge in [0.2, 0.25) is 0 Å². The summed E-state index contributed by atoms with van der Waals surface area (Å²) in [6, 6.07) is 8.24. The highest BCUT2D eigenvalue weighted by Crippen LogP contribution is 2.17. The Kier molecular flexibility index (Phi) is 10.5. The SMILES string of the molecule is CCCNC(=O)c1cccc(CN=C(NCC)NC2CCCC2)c1.I. The number of hydrogen-bond donors (Lipinski definition) is 3. The first-order valence-electron chi connectivity index (χ1n) is 9.15. The van der Waals surface area contributed by atoms with Gasteiger partial charge in [0, 0.05) is 24.7 Å². The largest absolute Gasteiger partial charge is 0.357 e. The van der Waals surface area contributed by atoms with Gasteiger partial charge >= 0.3 is 0 Å². The van der Waals surface area contributed by atoms with Gasteiger partial charge in [0.05, 0.1) is 6.54 Å². The molecule has 1 aromatic carbocycles. The van der Waals surface area contributed by atoms with Crippen molar-refractivity contribution >= 4 is 35.8 Å². The summed E-state index contributed by atoms with van der Waals surface area (Å²) in [5.41, 5.74) is 1.74. The number of nitrogens with zero attached hydrogens (tertiary/aromatic N) is 1. The summed E-state index contributed by atoms with van der Waals surface area (Å²) in [6.07, 6.45) is 5.97. The first kappa shape index (κ1) is 21.7. The number of hydrogen-bond acceptors (Lipinski definition) is 2. The van der Waals surface area contributed by atoms with Crippen molar-refractivity contribution < 1.29 is 4.79 Å². The van der Waals surface area contributed by atoms with E-state index in [-0.39, 0.29) is 29.9 Å². The van der Waals surface area contributed by atoms with Gasteiger partial charge in [0.25, 0.3) is 5.91 Å². The van der Waals surface area contributed by atoms with Crippen molar-refractivity contribution in [3.05, 3.63) is 35.4 Å². The van der Waals surface area contributed by atoms with E-state index >= 15 is 0 Å². The van der Waals surface area contributed by atoms with Crippen LogP contribution < -0.4 is 16.0 Å². The number of carbonyl (C=O) groups is 1. The van der Waals surface area contributed by atoms with Gasteiger partial charge in [-0.2, -0.15) is 0 Å². The zero-order chi connectivity index (χ0) is 17.2. The van der Waals surface area contributed by atoms with Crippen molar-refractivity contribution in [3.8, 4) is 0 Å². The molecule has 0 aliphatic heterocycles. The number of nitrogens with one attached hydrogen (secondary N) is 3. The Bertz CT molecular complexity index is 556. The number of halogens is 1. The highest BCUT2D eigenvalue weighted by atomic mass is 127. The summed E-state index contributed by atoms with van der Waals surface area (Å²) in [6.45, 7) is 6.24. The molecule has 1 fully saturated rings. The molecule has 25 heavy (non-hydrogen) atoms. The first-order valence-corrected chi connectivity index (χ1v) is 9.15. The topological polar surface area (TPSA) is 65.5 Å². The summed E-state index contributed by atoms with van der Waals surface area (Å²) < 4.78 is 0. The maximum absolute atomic E-state index is 12.1. The number of benzene rings is 1. The van der Waals surface area contributed by atoms with E-state index in [1.54, 1.807) is 0 Å². The smallest absolute Gasteiger partial charge is 0.251 e. The minimum Gasteiger partial charge on any atom is -0.357 e. The summed E-state index contributed by atoms with van der Waals surface area (Å²) >= 11 is 0.